The molecule has 0 radical (unpaired) electrons. The largest absolute Gasteiger partial charge is 0.466 e. The molecule has 5 saturated heterocycles. The molecule has 5 fully saturated rings. The van der Waals surface area contributed by atoms with Crippen LogP contribution in [-0.2, 0) is 14.3 Å². The van der Waals surface area contributed by atoms with Crippen molar-refractivity contribution in [2.75, 3.05) is 13.2 Å². The fourth-order valence-corrected chi connectivity index (χ4v) is 6.56. The van der Waals surface area contributed by atoms with Gasteiger partial charge in [-0.1, -0.05) is 6.08 Å². The van der Waals surface area contributed by atoms with E-state index in [1.54, 1.807) is 6.92 Å². The standard InChI is InChI=1S/C23H35N3O3/c1-4-7-21-19-12-18-14-25(21)22-10-9-17(13-24-15(2)27)23(19)26(22)20(18)8-5-6-11-29-16(3)28/h4,13,18-23H,1,5-12,14H2,2-3H3,(H,24,27)/b17-13-. The van der Waals surface area contributed by atoms with Crippen molar-refractivity contribution in [1.82, 2.24) is 15.1 Å². The molecule has 5 aliphatic rings. The van der Waals surface area contributed by atoms with Gasteiger partial charge in [0.2, 0.25) is 5.91 Å². The molecule has 0 aromatic rings. The molecule has 1 amide bonds. The van der Waals surface area contributed by atoms with Crippen LogP contribution in [0.4, 0.5) is 0 Å². The van der Waals surface area contributed by atoms with Crippen molar-refractivity contribution >= 4 is 11.9 Å². The Morgan fingerprint density at radius 3 is 2.83 bits per heavy atom. The summed E-state index contributed by atoms with van der Waals surface area (Å²) in [5.41, 5.74) is 1.40. The Kier molecular flexibility index (Phi) is 6.11. The minimum Gasteiger partial charge on any atom is -0.466 e. The maximum absolute atomic E-state index is 11.5. The number of hydrogen-bond donors (Lipinski definition) is 1. The molecule has 6 bridgehead atoms. The molecule has 0 aromatic carbocycles. The van der Waals surface area contributed by atoms with Gasteiger partial charge in [0.15, 0.2) is 0 Å². The minimum absolute atomic E-state index is 0.00634. The Balaban J connectivity index is 1.52. The fourth-order valence-electron chi connectivity index (χ4n) is 6.56. The van der Waals surface area contributed by atoms with Crippen LogP contribution in [0.3, 0.4) is 0 Å². The number of hydrogen-bond acceptors (Lipinski definition) is 5. The predicted molar refractivity (Wildman–Crippen MR) is 112 cm³/mol. The highest BCUT2D eigenvalue weighted by molar-refractivity contribution is 5.74. The molecule has 8 unspecified atom stereocenters. The average Bonchev–Trinajstić information content (AvgIpc) is 2.68. The molecule has 0 saturated carbocycles. The van der Waals surface area contributed by atoms with Crippen molar-refractivity contribution < 1.29 is 14.3 Å². The Bertz CT molecular complexity index is 691. The summed E-state index contributed by atoms with van der Waals surface area (Å²) in [5, 5.41) is 2.95. The Morgan fingerprint density at radius 2 is 2.10 bits per heavy atom. The normalized spacial score (nSPS) is 40.7. The number of piperidine rings is 3. The first-order valence-corrected chi connectivity index (χ1v) is 11.2. The van der Waals surface area contributed by atoms with Crippen LogP contribution in [0.1, 0.15) is 58.8 Å². The van der Waals surface area contributed by atoms with E-state index >= 15 is 0 Å². The summed E-state index contributed by atoms with van der Waals surface area (Å²) < 4.78 is 5.12. The van der Waals surface area contributed by atoms with Crippen LogP contribution < -0.4 is 5.32 Å². The average molecular weight is 402 g/mol. The number of esters is 1. The van der Waals surface area contributed by atoms with Gasteiger partial charge in [-0.2, -0.15) is 0 Å². The molecule has 1 N–H and O–H groups in total. The van der Waals surface area contributed by atoms with Crippen LogP contribution >= 0.6 is 0 Å². The SMILES string of the molecule is C=CCC1C2CC3CN1C1CC/C(=C/NC(C)=O)C2N1C3CCCCOC(C)=O. The van der Waals surface area contributed by atoms with Crippen LogP contribution in [0.5, 0.6) is 0 Å². The van der Waals surface area contributed by atoms with Crippen molar-refractivity contribution in [2.24, 2.45) is 11.8 Å². The van der Waals surface area contributed by atoms with Crippen molar-refractivity contribution in [2.45, 2.75) is 83.1 Å². The Hall–Kier alpha value is -1.66. The lowest BCUT2D eigenvalue weighted by atomic mass is 9.62. The highest BCUT2D eigenvalue weighted by Crippen LogP contribution is 2.55. The maximum Gasteiger partial charge on any atom is 0.302 e. The Labute approximate surface area is 174 Å². The van der Waals surface area contributed by atoms with Crippen molar-refractivity contribution in [3.05, 3.63) is 24.4 Å². The second-order valence-corrected chi connectivity index (χ2v) is 9.18. The van der Waals surface area contributed by atoms with Gasteiger partial charge in [-0.25, -0.2) is 0 Å². The van der Waals surface area contributed by atoms with E-state index in [0.717, 1.165) is 38.0 Å². The number of amides is 1. The van der Waals surface area contributed by atoms with Gasteiger partial charge in [0.05, 0.1) is 12.8 Å². The summed E-state index contributed by atoms with van der Waals surface area (Å²) in [7, 11) is 0. The summed E-state index contributed by atoms with van der Waals surface area (Å²) in [6.07, 6.45) is 12.3. The molecule has 0 aliphatic carbocycles. The van der Waals surface area contributed by atoms with Gasteiger partial charge in [0.1, 0.15) is 0 Å². The lowest BCUT2D eigenvalue weighted by molar-refractivity contribution is -0.220. The molecule has 6 nitrogen and oxygen atoms in total. The number of ether oxygens (including phenoxy) is 1. The number of unbranched alkanes of at least 4 members (excludes halogenated alkanes) is 1. The third-order valence-electron chi connectivity index (χ3n) is 7.46. The zero-order chi connectivity index (χ0) is 20.5. The van der Waals surface area contributed by atoms with Crippen LogP contribution in [-0.4, -0.2) is 59.1 Å². The van der Waals surface area contributed by atoms with Gasteiger partial charge in [0.25, 0.3) is 0 Å². The molecule has 0 aromatic heterocycles. The minimum atomic E-state index is -0.188. The van der Waals surface area contributed by atoms with Crippen molar-refractivity contribution in [3.8, 4) is 0 Å². The van der Waals surface area contributed by atoms with Gasteiger partial charge >= 0.3 is 5.97 Å². The van der Waals surface area contributed by atoms with Gasteiger partial charge in [-0.3, -0.25) is 19.4 Å². The summed E-state index contributed by atoms with van der Waals surface area (Å²) in [4.78, 5) is 28.1. The van der Waals surface area contributed by atoms with E-state index in [4.69, 9.17) is 4.74 Å². The number of nitrogens with one attached hydrogen (secondary N) is 1. The van der Waals surface area contributed by atoms with E-state index < -0.39 is 0 Å². The summed E-state index contributed by atoms with van der Waals surface area (Å²) in [6, 6.07) is 1.62. The van der Waals surface area contributed by atoms with E-state index in [1.165, 1.54) is 31.9 Å². The van der Waals surface area contributed by atoms with Crippen molar-refractivity contribution in [3.63, 3.8) is 0 Å². The van der Waals surface area contributed by atoms with Crippen LogP contribution in [0, 0.1) is 11.8 Å². The van der Waals surface area contributed by atoms with Crippen molar-refractivity contribution in [1.29, 1.82) is 0 Å². The van der Waals surface area contributed by atoms with E-state index in [-0.39, 0.29) is 11.9 Å². The van der Waals surface area contributed by atoms with E-state index in [1.807, 2.05) is 6.20 Å². The van der Waals surface area contributed by atoms with Gasteiger partial charge in [-0.15, -0.1) is 6.58 Å². The number of carbonyl (C=O) groups excluding carboxylic acids is 2. The number of rotatable bonds is 8. The summed E-state index contributed by atoms with van der Waals surface area (Å²) >= 11 is 0. The molecule has 0 spiro atoms. The monoisotopic (exact) mass is 401 g/mol. The quantitative estimate of drug-likeness (QED) is 0.385. The summed E-state index contributed by atoms with van der Waals surface area (Å²) in [6.45, 7) is 8.82. The zero-order valence-corrected chi connectivity index (χ0v) is 17.8. The molecular formula is C23H35N3O3. The first kappa shape index (κ1) is 20.6. The Morgan fingerprint density at radius 1 is 1.28 bits per heavy atom. The molecule has 29 heavy (non-hydrogen) atoms. The highest BCUT2D eigenvalue weighted by atomic mass is 16.5. The van der Waals surface area contributed by atoms with Gasteiger partial charge in [-0.05, 0) is 62.4 Å². The third-order valence-corrected chi connectivity index (χ3v) is 7.46. The zero-order valence-electron chi connectivity index (χ0n) is 17.8. The molecule has 6 heteroatoms. The molecule has 5 heterocycles. The second kappa shape index (κ2) is 8.60. The first-order chi connectivity index (χ1) is 14.0. The molecule has 5 rings (SSSR count). The second-order valence-electron chi connectivity index (χ2n) is 9.18. The maximum atomic E-state index is 11.5. The topological polar surface area (TPSA) is 61.9 Å². The van der Waals surface area contributed by atoms with Crippen LogP contribution in [0.25, 0.3) is 0 Å². The highest BCUT2D eigenvalue weighted by Gasteiger charge is 2.60. The van der Waals surface area contributed by atoms with Crippen LogP contribution in [0.2, 0.25) is 0 Å². The van der Waals surface area contributed by atoms with Crippen LogP contribution in [0.15, 0.2) is 24.4 Å². The molecule has 160 valence electrons. The number of carbonyl (C=O) groups is 2. The lowest BCUT2D eigenvalue weighted by Gasteiger charge is -2.70. The van der Waals surface area contributed by atoms with Gasteiger partial charge < -0.3 is 10.1 Å². The van der Waals surface area contributed by atoms with E-state index in [2.05, 4.69) is 27.8 Å². The number of nitrogens with zero attached hydrogens (tertiary/aromatic N) is 2. The lowest BCUT2D eigenvalue weighted by Crippen LogP contribution is -2.79. The first-order valence-electron chi connectivity index (χ1n) is 11.2. The fraction of sp³-hybridized carbons (Fsp3) is 0.739. The molecule has 5 aliphatic heterocycles. The molecular weight excluding hydrogens is 366 g/mol. The van der Waals surface area contributed by atoms with Gasteiger partial charge in [0, 0.05) is 44.7 Å². The van der Waals surface area contributed by atoms with E-state index in [9.17, 15) is 9.59 Å². The third kappa shape index (κ3) is 3.89. The molecule has 8 atom stereocenters. The predicted octanol–water partition coefficient (Wildman–Crippen LogP) is 2.81. The van der Waals surface area contributed by atoms with E-state index in [0.29, 0.717) is 36.8 Å². The summed E-state index contributed by atoms with van der Waals surface area (Å²) in [5.74, 6) is 1.17. The smallest absolute Gasteiger partial charge is 0.302 e.